The summed E-state index contributed by atoms with van der Waals surface area (Å²) >= 11 is 3.21. The number of nitrogens with one attached hydrogen (secondary N) is 1. The first kappa shape index (κ1) is 21.0. The first-order valence-electron chi connectivity index (χ1n) is 9.75. The van der Waals surface area contributed by atoms with Crippen LogP contribution in [0.3, 0.4) is 0 Å². The molecule has 1 aromatic carbocycles. The maximum Gasteiger partial charge on any atom is 0.244 e. The van der Waals surface area contributed by atoms with E-state index >= 15 is 0 Å². The lowest BCUT2D eigenvalue weighted by Crippen LogP contribution is -2.23. The van der Waals surface area contributed by atoms with Crippen molar-refractivity contribution in [2.24, 2.45) is 0 Å². The van der Waals surface area contributed by atoms with Gasteiger partial charge in [-0.05, 0) is 40.8 Å². The van der Waals surface area contributed by atoms with E-state index in [2.05, 4.69) is 37.2 Å². The molecule has 0 spiro atoms. The topological polar surface area (TPSA) is 72.7 Å². The molecule has 0 bridgehead atoms. The summed E-state index contributed by atoms with van der Waals surface area (Å²) in [6, 6.07) is 18.1. The molecular formula is C23H21N5OS2. The second kappa shape index (κ2) is 10.7. The SMILES string of the molecule is O=C(/C=C/c1cccs1)NCc1nnc(SCc2ccncc2)n1Cc1ccccc1. The first-order valence-corrected chi connectivity index (χ1v) is 11.6. The highest BCUT2D eigenvalue weighted by molar-refractivity contribution is 7.98. The van der Waals surface area contributed by atoms with E-state index in [1.54, 1.807) is 41.6 Å². The van der Waals surface area contributed by atoms with Gasteiger partial charge in [0.05, 0.1) is 13.1 Å². The minimum Gasteiger partial charge on any atom is -0.345 e. The smallest absolute Gasteiger partial charge is 0.244 e. The van der Waals surface area contributed by atoms with Crippen LogP contribution in [0.5, 0.6) is 0 Å². The van der Waals surface area contributed by atoms with Crippen molar-refractivity contribution >= 4 is 35.1 Å². The molecule has 1 amide bonds. The standard InChI is InChI=1S/C23H21N5OS2/c29-22(9-8-20-7-4-14-30-20)25-15-21-26-27-23(31-17-19-10-12-24-13-11-19)28(21)16-18-5-2-1-3-6-18/h1-14H,15-17H2,(H,25,29)/b9-8+. The van der Waals surface area contributed by atoms with Crippen molar-refractivity contribution in [1.82, 2.24) is 25.1 Å². The molecule has 0 fully saturated rings. The summed E-state index contributed by atoms with van der Waals surface area (Å²) in [6.45, 7) is 0.950. The molecule has 0 atom stereocenters. The lowest BCUT2D eigenvalue weighted by molar-refractivity contribution is -0.116. The van der Waals surface area contributed by atoms with Crippen LogP contribution in [0.15, 0.2) is 83.6 Å². The minimum atomic E-state index is -0.159. The van der Waals surface area contributed by atoms with Gasteiger partial charge >= 0.3 is 0 Å². The molecule has 8 heteroatoms. The zero-order chi connectivity index (χ0) is 21.3. The summed E-state index contributed by atoms with van der Waals surface area (Å²) in [5.74, 6) is 1.33. The fraction of sp³-hybridized carbons (Fsp3) is 0.130. The van der Waals surface area contributed by atoms with Gasteiger partial charge in [0.15, 0.2) is 11.0 Å². The van der Waals surface area contributed by atoms with Crippen molar-refractivity contribution < 1.29 is 4.79 Å². The summed E-state index contributed by atoms with van der Waals surface area (Å²) in [4.78, 5) is 17.3. The molecule has 0 saturated heterocycles. The van der Waals surface area contributed by atoms with Gasteiger partial charge in [-0.1, -0.05) is 48.2 Å². The van der Waals surface area contributed by atoms with Crippen LogP contribution in [0.2, 0.25) is 0 Å². The van der Waals surface area contributed by atoms with Crippen LogP contribution in [-0.2, 0) is 23.6 Å². The lowest BCUT2D eigenvalue weighted by Gasteiger charge is -2.11. The minimum absolute atomic E-state index is 0.159. The van der Waals surface area contributed by atoms with E-state index in [-0.39, 0.29) is 5.91 Å². The summed E-state index contributed by atoms with van der Waals surface area (Å²) in [5.41, 5.74) is 2.32. The molecular weight excluding hydrogens is 426 g/mol. The van der Waals surface area contributed by atoms with E-state index in [1.165, 1.54) is 5.56 Å². The van der Waals surface area contributed by atoms with Crippen molar-refractivity contribution in [3.63, 3.8) is 0 Å². The number of amides is 1. The zero-order valence-electron chi connectivity index (χ0n) is 16.7. The van der Waals surface area contributed by atoms with Crippen molar-refractivity contribution in [2.75, 3.05) is 0 Å². The third kappa shape index (κ3) is 6.13. The van der Waals surface area contributed by atoms with Gasteiger partial charge in [0, 0.05) is 29.1 Å². The maximum atomic E-state index is 12.2. The van der Waals surface area contributed by atoms with Crippen LogP contribution in [0.4, 0.5) is 0 Å². The highest BCUT2D eigenvalue weighted by Crippen LogP contribution is 2.23. The molecule has 3 heterocycles. The van der Waals surface area contributed by atoms with Gasteiger partial charge in [-0.15, -0.1) is 21.5 Å². The number of aromatic nitrogens is 4. The molecule has 0 aliphatic carbocycles. The Balaban J connectivity index is 1.46. The van der Waals surface area contributed by atoms with E-state index in [0.29, 0.717) is 13.1 Å². The van der Waals surface area contributed by atoms with Gasteiger partial charge in [0.1, 0.15) is 0 Å². The highest BCUT2D eigenvalue weighted by atomic mass is 32.2. The molecule has 0 unspecified atom stereocenters. The monoisotopic (exact) mass is 447 g/mol. The average molecular weight is 448 g/mol. The Morgan fingerprint density at radius 1 is 1.03 bits per heavy atom. The second-order valence-electron chi connectivity index (χ2n) is 6.68. The molecule has 31 heavy (non-hydrogen) atoms. The van der Waals surface area contributed by atoms with Crippen molar-refractivity contribution in [3.05, 3.63) is 100 Å². The van der Waals surface area contributed by atoms with Gasteiger partial charge < -0.3 is 9.88 Å². The Bertz CT molecular complexity index is 1130. The fourth-order valence-corrected chi connectivity index (χ4v) is 4.41. The number of hydrogen-bond acceptors (Lipinski definition) is 6. The van der Waals surface area contributed by atoms with Gasteiger partial charge in [-0.25, -0.2) is 0 Å². The Morgan fingerprint density at radius 3 is 2.65 bits per heavy atom. The summed E-state index contributed by atoms with van der Waals surface area (Å²) < 4.78 is 2.06. The molecule has 0 radical (unpaired) electrons. The predicted octanol–water partition coefficient (Wildman–Crippen LogP) is 4.40. The highest BCUT2D eigenvalue weighted by Gasteiger charge is 2.14. The van der Waals surface area contributed by atoms with Crippen LogP contribution in [0, 0.1) is 0 Å². The summed E-state index contributed by atoms with van der Waals surface area (Å²) in [5, 5.41) is 14.4. The number of benzene rings is 1. The number of carbonyl (C=O) groups is 1. The Morgan fingerprint density at radius 2 is 1.87 bits per heavy atom. The Kier molecular flexibility index (Phi) is 7.25. The number of hydrogen-bond donors (Lipinski definition) is 1. The van der Waals surface area contributed by atoms with Gasteiger partial charge in [-0.3, -0.25) is 9.78 Å². The Hall–Kier alpha value is -3.23. The molecule has 4 rings (SSSR count). The zero-order valence-corrected chi connectivity index (χ0v) is 18.4. The fourth-order valence-electron chi connectivity index (χ4n) is 2.88. The largest absolute Gasteiger partial charge is 0.345 e. The lowest BCUT2D eigenvalue weighted by atomic mass is 10.2. The van der Waals surface area contributed by atoms with Crippen molar-refractivity contribution in [2.45, 2.75) is 24.0 Å². The normalized spacial score (nSPS) is 11.1. The predicted molar refractivity (Wildman–Crippen MR) is 125 cm³/mol. The van der Waals surface area contributed by atoms with Crippen LogP contribution >= 0.6 is 23.1 Å². The molecule has 6 nitrogen and oxygen atoms in total. The number of rotatable bonds is 9. The third-order valence-electron chi connectivity index (χ3n) is 4.46. The van der Waals surface area contributed by atoms with E-state index in [4.69, 9.17) is 0 Å². The van der Waals surface area contributed by atoms with Crippen LogP contribution in [0.1, 0.15) is 21.8 Å². The number of thioether (sulfide) groups is 1. The van der Waals surface area contributed by atoms with E-state index < -0.39 is 0 Å². The second-order valence-corrected chi connectivity index (χ2v) is 8.60. The van der Waals surface area contributed by atoms with E-state index in [0.717, 1.165) is 27.2 Å². The molecule has 156 valence electrons. The van der Waals surface area contributed by atoms with E-state index in [1.807, 2.05) is 53.9 Å². The van der Waals surface area contributed by atoms with Crippen LogP contribution < -0.4 is 5.32 Å². The maximum absolute atomic E-state index is 12.2. The first-order chi connectivity index (χ1) is 15.3. The van der Waals surface area contributed by atoms with Crippen LogP contribution in [0.25, 0.3) is 6.08 Å². The molecule has 0 aliphatic rings. The summed E-state index contributed by atoms with van der Waals surface area (Å²) in [6.07, 6.45) is 6.93. The van der Waals surface area contributed by atoms with Crippen molar-refractivity contribution in [3.8, 4) is 0 Å². The number of pyridine rings is 1. The molecule has 0 aliphatic heterocycles. The number of carbonyl (C=O) groups excluding carboxylic acids is 1. The summed E-state index contributed by atoms with van der Waals surface area (Å²) in [7, 11) is 0. The average Bonchev–Trinajstić information content (AvgIpc) is 3.46. The number of nitrogens with zero attached hydrogens (tertiary/aromatic N) is 4. The third-order valence-corrected chi connectivity index (χ3v) is 6.33. The molecule has 3 aromatic heterocycles. The molecule has 4 aromatic rings. The number of thiophene rings is 1. The quantitative estimate of drug-likeness (QED) is 0.304. The van der Waals surface area contributed by atoms with E-state index in [9.17, 15) is 4.79 Å². The van der Waals surface area contributed by atoms with Crippen LogP contribution in [-0.4, -0.2) is 25.7 Å². The molecule has 0 saturated carbocycles. The van der Waals surface area contributed by atoms with Gasteiger partial charge in [-0.2, -0.15) is 0 Å². The van der Waals surface area contributed by atoms with Gasteiger partial charge in [0.2, 0.25) is 5.91 Å². The van der Waals surface area contributed by atoms with Gasteiger partial charge in [0.25, 0.3) is 0 Å². The Labute approximate surface area is 189 Å². The molecule has 1 N–H and O–H groups in total. The van der Waals surface area contributed by atoms with Crippen molar-refractivity contribution in [1.29, 1.82) is 0 Å².